The Bertz CT molecular complexity index is 1480. The van der Waals surface area contributed by atoms with Crippen LogP contribution in [0, 0.1) is 6.92 Å². The number of nitrogens with zero attached hydrogens (tertiary/aromatic N) is 1. The van der Waals surface area contributed by atoms with E-state index < -0.39 is 0 Å². The summed E-state index contributed by atoms with van der Waals surface area (Å²) in [5, 5.41) is 2.03. The molecule has 4 aromatic rings. The molecule has 0 saturated carbocycles. The van der Waals surface area contributed by atoms with Gasteiger partial charge in [-0.05, 0) is 62.4 Å². The van der Waals surface area contributed by atoms with E-state index >= 15 is 0 Å². The van der Waals surface area contributed by atoms with Crippen LogP contribution in [0.25, 0.3) is 21.9 Å². The van der Waals surface area contributed by atoms with Gasteiger partial charge in [0.2, 0.25) is 5.78 Å². The van der Waals surface area contributed by atoms with E-state index in [0.29, 0.717) is 27.7 Å². The van der Waals surface area contributed by atoms with Crippen molar-refractivity contribution in [2.75, 3.05) is 13.7 Å². The molecule has 1 aliphatic rings. The summed E-state index contributed by atoms with van der Waals surface area (Å²) in [5.74, 6) is 0.820. The number of fused-ring (bicyclic) bond motifs is 4. The molecule has 170 valence electrons. The van der Waals surface area contributed by atoms with Crippen LogP contribution >= 0.6 is 11.6 Å². The van der Waals surface area contributed by atoms with Crippen molar-refractivity contribution in [3.8, 4) is 11.5 Å². The number of aromatic nitrogens is 1. The molecule has 0 fully saturated rings. The number of hydrogen-bond acceptors (Lipinski definition) is 5. The lowest BCUT2D eigenvalue weighted by Gasteiger charge is -2.17. The number of carbonyl (C=O) groups excluding carboxylic acids is 1. The third-order valence-electron chi connectivity index (χ3n) is 6.61. The van der Waals surface area contributed by atoms with Gasteiger partial charge in [-0.15, -0.1) is 0 Å². The molecule has 0 N–H and O–H groups in total. The number of Topliss-reactive ketones (excluding diaryl/α,β-unsaturated/α-hetero) is 1. The fourth-order valence-electron chi connectivity index (χ4n) is 4.80. The number of methoxy groups -OCH3 is 1. The van der Waals surface area contributed by atoms with Crippen molar-refractivity contribution in [2.45, 2.75) is 32.6 Å². The molecule has 0 radical (unpaired) electrons. The van der Waals surface area contributed by atoms with Gasteiger partial charge in [0.15, 0.2) is 6.61 Å². The van der Waals surface area contributed by atoms with Crippen molar-refractivity contribution in [3.63, 3.8) is 0 Å². The predicted molar refractivity (Wildman–Crippen MR) is 128 cm³/mol. The first kappa shape index (κ1) is 21.6. The molecule has 0 atom stereocenters. The van der Waals surface area contributed by atoms with Crippen LogP contribution in [0.4, 0.5) is 0 Å². The van der Waals surface area contributed by atoms with Crippen LogP contribution in [0.2, 0.25) is 5.02 Å². The van der Waals surface area contributed by atoms with Gasteiger partial charge in [-0.1, -0.05) is 11.6 Å². The predicted octanol–water partition coefficient (Wildman–Crippen LogP) is 5.40. The van der Waals surface area contributed by atoms with Gasteiger partial charge in [-0.3, -0.25) is 4.79 Å². The third kappa shape index (κ3) is 3.59. The highest BCUT2D eigenvalue weighted by Crippen LogP contribution is 2.35. The molecule has 33 heavy (non-hydrogen) atoms. The van der Waals surface area contributed by atoms with Crippen molar-refractivity contribution in [2.24, 2.45) is 7.05 Å². The first-order valence-electron chi connectivity index (χ1n) is 11.0. The van der Waals surface area contributed by atoms with Crippen LogP contribution in [0.15, 0.2) is 39.5 Å². The maximum Gasteiger partial charge on any atom is 0.339 e. The lowest BCUT2D eigenvalue weighted by atomic mass is 9.91. The summed E-state index contributed by atoms with van der Waals surface area (Å²) in [4.78, 5) is 25.6. The molecule has 0 spiro atoms. The highest BCUT2D eigenvalue weighted by atomic mass is 35.5. The normalized spacial score (nSPS) is 13.3. The van der Waals surface area contributed by atoms with Gasteiger partial charge in [0, 0.05) is 46.2 Å². The van der Waals surface area contributed by atoms with Crippen molar-refractivity contribution >= 4 is 39.3 Å². The number of ketones is 1. The minimum Gasteiger partial charge on any atom is -0.497 e. The average Bonchev–Trinajstić information content (AvgIpc) is 3.07. The standard InChI is InChI=1S/C26H24ClNO5/c1-14-25(19-10-15(31-3)8-9-21(19)28(14)2)22(29)13-32-24-12-23-18(11-20(24)27)16-6-4-5-7-17(16)26(30)33-23/h8-12H,4-7,13H2,1-3H3. The highest BCUT2D eigenvalue weighted by molar-refractivity contribution is 6.32. The first-order chi connectivity index (χ1) is 15.9. The third-order valence-corrected chi connectivity index (χ3v) is 6.91. The summed E-state index contributed by atoms with van der Waals surface area (Å²) < 4.78 is 18.7. The monoisotopic (exact) mass is 465 g/mol. The highest BCUT2D eigenvalue weighted by Gasteiger charge is 2.22. The van der Waals surface area contributed by atoms with Crippen LogP contribution in [-0.2, 0) is 19.9 Å². The maximum absolute atomic E-state index is 13.2. The summed E-state index contributed by atoms with van der Waals surface area (Å²) in [6, 6.07) is 9.05. The van der Waals surface area contributed by atoms with Crippen LogP contribution in [0.1, 0.15) is 40.0 Å². The van der Waals surface area contributed by atoms with Gasteiger partial charge in [0.05, 0.1) is 12.1 Å². The summed E-state index contributed by atoms with van der Waals surface area (Å²) >= 11 is 6.51. The molecular weight excluding hydrogens is 442 g/mol. The van der Waals surface area contributed by atoms with Crippen LogP contribution < -0.4 is 15.1 Å². The lowest BCUT2D eigenvalue weighted by molar-refractivity contribution is 0.0922. The second-order valence-corrected chi connectivity index (χ2v) is 8.85. The molecule has 0 unspecified atom stereocenters. The Kier molecular flexibility index (Phi) is 5.41. The number of benzene rings is 2. The van der Waals surface area contributed by atoms with Crippen LogP contribution in [0.5, 0.6) is 11.5 Å². The molecule has 2 aromatic carbocycles. The van der Waals surface area contributed by atoms with E-state index in [1.807, 2.05) is 36.7 Å². The SMILES string of the molecule is COc1ccc2c(c1)c(C(=O)COc1cc3oc(=O)c4c(c3cc1Cl)CCCC4)c(C)n2C. The fraction of sp³-hybridized carbons (Fsp3) is 0.308. The van der Waals surface area contributed by atoms with E-state index in [1.54, 1.807) is 19.2 Å². The van der Waals surface area contributed by atoms with Gasteiger partial charge in [0.1, 0.15) is 17.1 Å². The summed E-state index contributed by atoms with van der Waals surface area (Å²) in [5.41, 5.74) is 4.25. The van der Waals surface area contributed by atoms with Crippen molar-refractivity contribution in [1.82, 2.24) is 4.57 Å². The van der Waals surface area contributed by atoms with Gasteiger partial charge >= 0.3 is 5.63 Å². The molecule has 0 aliphatic heterocycles. The number of hydrogen-bond donors (Lipinski definition) is 0. The summed E-state index contributed by atoms with van der Waals surface area (Å²) in [6.07, 6.45) is 3.58. The van der Waals surface area contributed by atoms with Crippen LogP contribution in [-0.4, -0.2) is 24.1 Å². The van der Waals surface area contributed by atoms with Crippen molar-refractivity contribution in [3.05, 3.63) is 68.2 Å². The minimum absolute atomic E-state index is 0.172. The van der Waals surface area contributed by atoms with E-state index in [4.69, 9.17) is 25.5 Å². The van der Waals surface area contributed by atoms with Gasteiger partial charge in [-0.25, -0.2) is 4.79 Å². The van der Waals surface area contributed by atoms with E-state index in [1.165, 1.54) is 0 Å². The average molecular weight is 466 g/mol. The Morgan fingerprint density at radius 1 is 1.12 bits per heavy atom. The zero-order valence-electron chi connectivity index (χ0n) is 18.8. The molecule has 0 amide bonds. The number of ether oxygens (including phenoxy) is 2. The van der Waals surface area contributed by atoms with E-state index in [0.717, 1.165) is 58.8 Å². The van der Waals surface area contributed by atoms with Gasteiger partial charge in [0.25, 0.3) is 0 Å². The minimum atomic E-state index is -0.304. The van der Waals surface area contributed by atoms with E-state index in [-0.39, 0.29) is 18.0 Å². The zero-order chi connectivity index (χ0) is 23.3. The van der Waals surface area contributed by atoms with Crippen molar-refractivity contribution in [1.29, 1.82) is 0 Å². The lowest BCUT2D eigenvalue weighted by Crippen LogP contribution is -2.16. The molecule has 2 heterocycles. The van der Waals surface area contributed by atoms with Crippen molar-refractivity contribution < 1.29 is 18.7 Å². The van der Waals surface area contributed by atoms with Gasteiger partial charge < -0.3 is 18.5 Å². The molecule has 7 heteroatoms. The largest absolute Gasteiger partial charge is 0.497 e. The topological polar surface area (TPSA) is 70.7 Å². The molecule has 6 nitrogen and oxygen atoms in total. The first-order valence-corrected chi connectivity index (χ1v) is 11.3. The van der Waals surface area contributed by atoms with E-state index in [2.05, 4.69) is 0 Å². The Morgan fingerprint density at radius 3 is 2.64 bits per heavy atom. The zero-order valence-corrected chi connectivity index (χ0v) is 19.5. The molecular formula is C26H24ClNO5. The van der Waals surface area contributed by atoms with Gasteiger partial charge in [-0.2, -0.15) is 0 Å². The second kappa shape index (κ2) is 8.27. The fourth-order valence-corrected chi connectivity index (χ4v) is 5.02. The Balaban J connectivity index is 1.48. The van der Waals surface area contributed by atoms with E-state index in [9.17, 15) is 9.59 Å². The molecule has 0 saturated heterocycles. The maximum atomic E-state index is 13.2. The smallest absolute Gasteiger partial charge is 0.339 e. The summed E-state index contributed by atoms with van der Waals surface area (Å²) in [7, 11) is 3.52. The molecule has 1 aliphatic carbocycles. The number of aryl methyl sites for hydroxylation is 2. The summed E-state index contributed by atoms with van der Waals surface area (Å²) in [6.45, 7) is 1.71. The molecule has 2 aromatic heterocycles. The molecule has 0 bridgehead atoms. The number of rotatable bonds is 5. The Hall–Kier alpha value is -3.25. The quantitative estimate of drug-likeness (QED) is 0.291. The van der Waals surface area contributed by atoms with Crippen LogP contribution in [0.3, 0.4) is 0 Å². The Labute approximate surface area is 195 Å². The second-order valence-electron chi connectivity index (χ2n) is 8.45. The Morgan fingerprint density at radius 2 is 1.88 bits per heavy atom. The number of halogens is 1. The molecule has 5 rings (SSSR count). The number of carbonyl (C=O) groups is 1.